The number of likely N-dealkylation sites (tertiary alicyclic amines) is 1. The van der Waals surface area contributed by atoms with E-state index in [9.17, 15) is 0 Å². The Kier molecular flexibility index (Phi) is 3.98. The van der Waals surface area contributed by atoms with Crippen LogP contribution in [0.3, 0.4) is 0 Å². The van der Waals surface area contributed by atoms with Gasteiger partial charge in [0.1, 0.15) is 0 Å². The average molecular weight is 320 g/mol. The molecular weight excluding hydrogens is 303 g/mol. The number of halogens is 3. The van der Waals surface area contributed by atoms with Crippen LogP contribution in [0.1, 0.15) is 18.4 Å². The molecule has 2 heterocycles. The van der Waals surface area contributed by atoms with E-state index >= 15 is 0 Å². The minimum Gasteiger partial charge on any atom is -0.316 e. The van der Waals surface area contributed by atoms with Crippen LogP contribution in [0.25, 0.3) is 0 Å². The highest BCUT2D eigenvalue weighted by Crippen LogP contribution is 2.38. The zero-order valence-electron chi connectivity index (χ0n) is 10.7. The molecule has 0 radical (unpaired) electrons. The Bertz CT molecular complexity index is 484. The Hall–Kier alpha value is 0.01000. The molecule has 1 aromatic rings. The topological polar surface area (TPSA) is 15.3 Å². The standard InChI is InChI=1S/C14H17Cl3N2/c15-11-1-2-12(16)13(17)10(11)7-19-6-4-14(9-19)3-5-18-8-14/h1-2,18H,3-9H2. The van der Waals surface area contributed by atoms with E-state index in [1.807, 2.05) is 6.07 Å². The van der Waals surface area contributed by atoms with Gasteiger partial charge in [-0.3, -0.25) is 4.90 Å². The van der Waals surface area contributed by atoms with Crippen molar-refractivity contribution in [2.45, 2.75) is 19.4 Å². The summed E-state index contributed by atoms with van der Waals surface area (Å²) in [5.74, 6) is 0. The van der Waals surface area contributed by atoms with Crippen molar-refractivity contribution in [3.8, 4) is 0 Å². The maximum absolute atomic E-state index is 6.27. The summed E-state index contributed by atoms with van der Waals surface area (Å²) in [5, 5.41) is 5.36. The van der Waals surface area contributed by atoms with Crippen molar-refractivity contribution in [2.24, 2.45) is 5.41 Å². The molecule has 5 heteroatoms. The van der Waals surface area contributed by atoms with Gasteiger partial charge in [-0.25, -0.2) is 0 Å². The molecule has 0 aromatic heterocycles. The summed E-state index contributed by atoms with van der Waals surface area (Å²) in [4.78, 5) is 2.44. The molecule has 2 fully saturated rings. The maximum atomic E-state index is 6.27. The third-order valence-electron chi connectivity index (χ3n) is 4.37. The Labute approximate surface area is 129 Å². The molecule has 19 heavy (non-hydrogen) atoms. The zero-order valence-corrected chi connectivity index (χ0v) is 13.0. The van der Waals surface area contributed by atoms with Crippen molar-refractivity contribution in [2.75, 3.05) is 26.2 Å². The Morgan fingerprint density at radius 1 is 1.16 bits per heavy atom. The normalized spacial score (nSPS) is 27.5. The molecule has 1 unspecified atom stereocenters. The summed E-state index contributed by atoms with van der Waals surface area (Å²) in [5.41, 5.74) is 1.43. The van der Waals surface area contributed by atoms with Crippen LogP contribution in [0.15, 0.2) is 12.1 Å². The molecule has 2 nitrogen and oxygen atoms in total. The SMILES string of the molecule is Clc1ccc(Cl)c(CN2CCC3(CCNC3)C2)c1Cl. The van der Waals surface area contributed by atoms with E-state index in [1.165, 1.54) is 12.8 Å². The second-order valence-corrected chi connectivity index (χ2v) is 6.90. The monoisotopic (exact) mass is 318 g/mol. The van der Waals surface area contributed by atoms with Crippen LogP contribution in [-0.4, -0.2) is 31.1 Å². The molecule has 1 N–H and O–H groups in total. The van der Waals surface area contributed by atoms with E-state index in [4.69, 9.17) is 34.8 Å². The van der Waals surface area contributed by atoms with E-state index in [0.717, 1.165) is 38.3 Å². The fraction of sp³-hybridized carbons (Fsp3) is 0.571. The van der Waals surface area contributed by atoms with E-state index in [1.54, 1.807) is 6.07 Å². The van der Waals surface area contributed by atoms with Crippen LogP contribution < -0.4 is 5.32 Å². The molecule has 1 aromatic carbocycles. The van der Waals surface area contributed by atoms with Crippen LogP contribution in [0.5, 0.6) is 0 Å². The van der Waals surface area contributed by atoms with E-state index < -0.39 is 0 Å². The molecule has 0 bridgehead atoms. The number of hydrogen-bond acceptors (Lipinski definition) is 2. The number of benzene rings is 1. The average Bonchev–Trinajstić information content (AvgIpc) is 3.01. The van der Waals surface area contributed by atoms with Gasteiger partial charge < -0.3 is 5.32 Å². The molecule has 0 aliphatic carbocycles. The summed E-state index contributed by atoms with van der Waals surface area (Å²) in [6.45, 7) is 5.31. The van der Waals surface area contributed by atoms with Crippen molar-refractivity contribution in [1.29, 1.82) is 0 Å². The first-order valence-corrected chi connectivity index (χ1v) is 7.79. The fourth-order valence-electron chi connectivity index (χ4n) is 3.24. The second kappa shape index (κ2) is 5.42. The van der Waals surface area contributed by atoms with Crippen LogP contribution in [0, 0.1) is 5.41 Å². The van der Waals surface area contributed by atoms with Crippen molar-refractivity contribution >= 4 is 34.8 Å². The van der Waals surface area contributed by atoms with Crippen molar-refractivity contribution in [3.05, 3.63) is 32.8 Å². The molecule has 3 rings (SSSR count). The number of nitrogens with one attached hydrogen (secondary N) is 1. The molecule has 1 spiro atoms. The summed E-state index contributed by atoms with van der Waals surface area (Å²) < 4.78 is 0. The Morgan fingerprint density at radius 2 is 1.95 bits per heavy atom. The molecular formula is C14H17Cl3N2. The van der Waals surface area contributed by atoms with Crippen LogP contribution in [0.4, 0.5) is 0 Å². The van der Waals surface area contributed by atoms with Gasteiger partial charge in [-0.15, -0.1) is 0 Å². The lowest BCUT2D eigenvalue weighted by atomic mass is 9.86. The highest BCUT2D eigenvalue weighted by molar-refractivity contribution is 6.44. The van der Waals surface area contributed by atoms with Gasteiger partial charge in [-0.05, 0) is 43.5 Å². The molecule has 1 atom stereocenters. The predicted molar refractivity (Wildman–Crippen MR) is 81.3 cm³/mol. The third-order valence-corrected chi connectivity index (χ3v) is 5.57. The summed E-state index contributed by atoms with van der Waals surface area (Å²) in [6.07, 6.45) is 2.54. The van der Waals surface area contributed by atoms with Gasteiger partial charge in [0.05, 0.1) is 10.0 Å². The molecule has 104 valence electrons. The Morgan fingerprint density at radius 3 is 2.68 bits per heavy atom. The zero-order chi connectivity index (χ0) is 13.5. The minimum absolute atomic E-state index is 0.470. The lowest BCUT2D eigenvalue weighted by Crippen LogP contribution is -2.29. The summed E-state index contributed by atoms with van der Waals surface area (Å²) in [6, 6.07) is 3.58. The van der Waals surface area contributed by atoms with Gasteiger partial charge in [0.15, 0.2) is 0 Å². The molecule has 0 saturated carbocycles. The van der Waals surface area contributed by atoms with Gasteiger partial charge in [0.2, 0.25) is 0 Å². The van der Waals surface area contributed by atoms with Gasteiger partial charge in [0.25, 0.3) is 0 Å². The maximum Gasteiger partial charge on any atom is 0.0652 e. The molecule has 2 aliphatic heterocycles. The second-order valence-electron chi connectivity index (χ2n) is 5.71. The van der Waals surface area contributed by atoms with Crippen LogP contribution in [-0.2, 0) is 6.54 Å². The van der Waals surface area contributed by atoms with E-state index in [-0.39, 0.29) is 0 Å². The molecule has 2 saturated heterocycles. The van der Waals surface area contributed by atoms with Gasteiger partial charge in [-0.2, -0.15) is 0 Å². The van der Waals surface area contributed by atoms with Gasteiger partial charge in [-0.1, -0.05) is 34.8 Å². The van der Waals surface area contributed by atoms with E-state index in [2.05, 4.69) is 10.2 Å². The molecule has 0 amide bonds. The number of nitrogens with zero attached hydrogens (tertiary/aromatic N) is 1. The predicted octanol–water partition coefficient (Wildman–Crippen LogP) is 3.83. The first kappa shape index (κ1) is 14.0. The lowest BCUT2D eigenvalue weighted by molar-refractivity contribution is 0.269. The fourth-order valence-corrected chi connectivity index (χ4v) is 3.91. The molecule has 2 aliphatic rings. The minimum atomic E-state index is 0.470. The van der Waals surface area contributed by atoms with E-state index in [0.29, 0.717) is 20.5 Å². The van der Waals surface area contributed by atoms with Crippen molar-refractivity contribution in [1.82, 2.24) is 10.2 Å². The third kappa shape index (κ3) is 2.74. The van der Waals surface area contributed by atoms with Crippen LogP contribution >= 0.6 is 34.8 Å². The lowest BCUT2D eigenvalue weighted by Gasteiger charge is -2.23. The first-order valence-electron chi connectivity index (χ1n) is 6.65. The quantitative estimate of drug-likeness (QED) is 0.833. The number of hydrogen-bond donors (Lipinski definition) is 1. The first-order chi connectivity index (χ1) is 9.10. The van der Waals surface area contributed by atoms with Crippen molar-refractivity contribution < 1.29 is 0 Å². The largest absolute Gasteiger partial charge is 0.316 e. The van der Waals surface area contributed by atoms with Gasteiger partial charge in [0, 0.05) is 30.2 Å². The highest BCUT2D eigenvalue weighted by atomic mass is 35.5. The van der Waals surface area contributed by atoms with Gasteiger partial charge >= 0.3 is 0 Å². The summed E-state index contributed by atoms with van der Waals surface area (Å²) in [7, 11) is 0. The van der Waals surface area contributed by atoms with Crippen molar-refractivity contribution in [3.63, 3.8) is 0 Å². The number of rotatable bonds is 2. The smallest absolute Gasteiger partial charge is 0.0652 e. The van der Waals surface area contributed by atoms with Crippen LogP contribution in [0.2, 0.25) is 15.1 Å². The Balaban J connectivity index is 1.74. The summed E-state index contributed by atoms with van der Waals surface area (Å²) >= 11 is 18.6. The highest BCUT2D eigenvalue weighted by Gasteiger charge is 2.40.